The topological polar surface area (TPSA) is 149 Å². The van der Waals surface area contributed by atoms with Crippen molar-refractivity contribution in [3.05, 3.63) is 124 Å². The summed E-state index contributed by atoms with van der Waals surface area (Å²) in [5.41, 5.74) is 7.42. The molecular formula is C31H25N3O7. The number of ether oxygens (including phenoxy) is 3. The molecule has 1 heterocycles. The van der Waals surface area contributed by atoms with Crippen LogP contribution >= 0.6 is 0 Å². The lowest BCUT2D eigenvalue weighted by atomic mass is 9.81. The molecule has 10 nitrogen and oxygen atoms in total. The number of rotatable bonds is 8. The predicted molar refractivity (Wildman–Crippen MR) is 147 cm³/mol. The number of allylic oxidation sites excluding steroid dienone is 1. The number of nitrogens with zero attached hydrogens (tertiary/aromatic N) is 2. The van der Waals surface area contributed by atoms with Crippen LogP contribution in [0.2, 0.25) is 0 Å². The highest BCUT2D eigenvalue weighted by Gasteiger charge is 2.43. The van der Waals surface area contributed by atoms with E-state index < -0.39 is 30.4 Å². The number of nitriles is 1. The summed E-state index contributed by atoms with van der Waals surface area (Å²) in [6.45, 7) is -0.448. The normalized spacial score (nSPS) is 14.7. The molecule has 3 aromatic rings. The minimum atomic E-state index is -1.00. The van der Waals surface area contributed by atoms with Crippen LogP contribution < -0.4 is 10.6 Å². The van der Waals surface area contributed by atoms with E-state index in [-0.39, 0.29) is 39.7 Å². The fraction of sp³-hybridized carbons (Fsp3) is 0.129. The maximum absolute atomic E-state index is 13.1. The molecule has 0 saturated carbocycles. The minimum absolute atomic E-state index is 0.00663. The van der Waals surface area contributed by atoms with Crippen molar-refractivity contribution in [2.45, 2.75) is 5.92 Å². The molecule has 0 fully saturated rings. The van der Waals surface area contributed by atoms with Crippen molar-refractivity contribution in [2.24, 2.45) is 5.73 Å². The first-order chi connectivity index (χ1) is 19.8. The summed E-state index contributed by atoms with van der Waals surface area (Å²) >= 11 is 0. The first kappa shape index (κ1) is 28.3. The molecule has 4 rings (SSSR count). The van der Waals surface area contributed by atoms with Crippen LogP contribution in [0.1, 0.15) is 32.2 Å². The van der Waals surface area contributed by atoms with Crippen LogP contribution in [0.5, 0.6) is 0 Å². The van der Waals surface area contributed by atoms with Crippen molar-refractivity contribution in [2.75, 3.05) is 25.7 Å². The quantitative estimate of drug-likeness (QED) is 0.250. The zero-order valence-electron chi connectivity index (χ0n) is 22.2. The molecule has 1 unspecified atom stereocenters. The summed E-state index contributed by atoms with van der Waals surface area (Å²) in [6.07, 6.45) is 0. The molecular weight excluding hydrogens is 526 g/mol. The van der Waals surface area contributed by atoms with E-state index in [4.69, 9.17) is 19.9 Å². The molecule has 0 aliphatic carbocycles. The van der Waals surface area contributed by atoms with Gasteiger partial charge >= 0.3 is 17.9 Å². The number of ketones is 1. The lowest BCUT2D eigenvalue weighted by Crippen LogP contribution is -2.40. The van der Waals surface area contributed by atoms with Gasteiger partial charge in [-0.05, 0) is 29.8 Å². The highest BCUT2D eigenvalue weighted by atomic mass is 16.5. The van der Waals surface area contributed by atoms with Crippen molar-refractivity contribution in [3.63, 3.8) is 0 Å². The van der Waals surface area contributed by atoms with E-state index in [9.17, 15) is 24.4 Å². The third kappa shape index (κ3) is 5.69. The fourth-order valence-corrected chi connectivity index (χ4v) is 4.45. The molecule has 10 heteroatoms. The number of hydrogen-bond donors (Lipinski definition) is 1. The zero-order chi connectivity index (χ0) is 29.5. The van der Waals surface area contributed by atoms with Gasteiger partial charge < -0.3 is 19.9 Å². The van der Waals surface area contributed by atoms with Crippen molar-refractivity contribution >= 4 is 29.4 Å². The number of anilines is 1. The van der Waals surface area contributed by atoms with E-state index >= 15 is 0 Å². The monoisotopic (exact) mass is 551 g/mol. The number of nitrogens with two attached hydrogens (primary N) is 1. The summed E-state index contributed by atoms with van der Waals surface area (Å²) in [5.74, 6) is -3.97. The van der Waals surface area contributed by atoms with E-state index in [2.05, 4.69) is 6.07 Å². The first-order valence-corrected chi connectivity index (χ1v) is 12.3. The fourth-order valence-electron chi connectivity index (χ4n) is 4.45. The van der Waals surface area contributed by atoms with Crippen molar-refractivity contribution in [3.8, 4) is 6.07 Å². The summed E-state index contributed by atoms with van der Waals surface area (Å²) in [6, 6.07) is 24.8. The molecule has 0 radical (unpaired) electrons. The van der Waals surface area contributed by atoms with Gasteiger partial charge in [0.1, 0.15) is 11.5 Å². The van der Waals surface area contributed by atoms with Gasteiger partial charge in [0.05, 0.1) is 42.9 Å². The second-order valence-electron chi connectivity index (χ2n) is 8.75. The number of hydrogen-bond acceptors (Lipinski definition) is 10. The van der Waals surface area contributed by atoms with Gasteiger partial charge in [-0.3, -0.25) is 9.69 Å². The largest absolute Gasteiger partial charge is 0.466 e. The maximum Gasteiger partial charge on any atom is 0.355 e. The average Bonchev–Trinajstić information content (AvgIpc) is 3.02. The van der Waals surface area contributed by atoms with Crippen molar-refractivity contribution in [1.29, 1.82) is 5.26 Å². The summed E-state index contributed by atoms with van der Waals surface area (Å²) in [5, 5.41) is 10.1. The Kier molecular flexibility index (Phi) is 8.60. The Morgan fingerprint density at radius 1 is 0.805 bits per heavy atom. The lowest BCUT2D eigenvalue weighted by molar-refractivity contribution is -0.139. The van der Waals surface area contributed by atoms with Crippen molar-refractivity contribution in [1.82, 2.24) is 0 Å². The summed E-state index contributed by atoms with van der Waals surface area (Å²) in [7, 11) is 2.31. The van der Waals surface area contributed by atoms with Gasteiger partial charge in [-0.15, -0.1) is 0 Å². The van der Waals surface area contributed by atoms with E-state index in [0.717, 1.165) is 14.2 Å². The molecule has 0 spiro atoms. The number of Topliss-reactive ketones (excluding diaryl/α,β-unsaturated/α-hetero) is 1. The Morgan fingerprint density at radius 3 is 1.95 bits per heavy atom. The Bertz CT molecular complexity index is 1590. The average molecular weight is 552 g/mol. The summed E-state index contributed by atoms with van der Waals surface area (Å²) < 4.78 is 15.2. The second kappa shape index (κ2) is 12.4. The third-order valence-electron chi connectivity index (χ3n) is 6.40. The van der Waals surface area contributed by atoms with Crippen LogP contribution in [0.25, 0.3) is 0 Å². The number of carbonyl (C=O) groups excluding carboxylic acids is 4. The van der Waals surface area contributed by atoms with Crippen LogP contribution in [-0.2, 0) is 23.8 Å². The Labute approximate surface area is 235 Å². The standard InChI is InChI=1S/C31H25N3O7/c1-39-30(37)26-25(20-11-7-4-8-12-20)23(17-32)28(33)34(27(26)31(38)40-2)22-15-13-21(14-16-22)29(36)41-18-24(35)19-9-5-3-6-10-19/h3-16,25H,18,33H2,1-2H3. The molecule has 1 aliphatic heterocycles. The molecule has 41 heavy (non-hydrogen) atoms. The van der Waals surface area contributed by atoms with Gasteiger partial charge in [0, 0.05) is 11.3 Å². The van der Waals surface area contributed by atoms with Gasteiger partial charge in [0.2, 0.25) is 0 Å². The van der Waals surface area contributed by atoms with E-state index in [1.165, 1.54) is 29.2 Å². The number of benzene rings is 3. The second-order valence-corrected chi connectivity index (χ2v) is 8.75. The molecule has 1 atom stereocenters. The van der Waals surface area contributed by atoms with Crippen LogP contribution in [0.3, 0.4) is 0 Å². The number of carbonyl (C=O) groups is 4. The predicted octanol–water partition coefficient (Wildman–Crippen LogP) is 3.62. The Balaban J connectivity index is 1.72. The van der Waals surface area contributed by atoms with Gasteiger partial charge in [-0.25, -0.2) is 14.4 Å². The zero-order valence-corrected chi connectivity index (χ0v) is 22.2. The van der Waals surface area contributed by atoms with Crippen LogP contribution in [0.4, 0.5) is 5.69 Å². The molecule has 0 aromatic heterocycles. The Hall–Kier alpha value is -5.69. The van der Waals surface area contributed by atoms with Crippen LogP contribution in [0.15, 0.2) is 108 Å². The number of methoxy groups -OCH3 is 2. The maximum atomic E-state index is 13.1. The molecule has 2 N–H and O–H groups in total. The highest BCUT2D eigenvalue weighted by Crippen LogP contribution is 2.43. The van der Waals surface area contributed by atoms with Crippen LogP contribution in [-0.4, -0.2) is 44.5 Å². The van der Waals surface area contributed by atoms with E-state index in [1.54, 1.807) is 60.7 Å². The lowest BCUT2D eigenvalue weighted by Gasteiger charge is -2.35. The SMILES string of the molecule is COC(=O)C1=C(C(=O)OC)N(c2ccc(C(=O)OCC(=O)c3ccccc3)cc2)C(N)=C(C#N)C1c1ccccc1. The van der Waals surface area contributed by atoms with E-state index in [0.29, 0.717) is 11.1 Å². The molecule has 1 aliphatic rings. The van der Waals surface area contributed by atoms with Gasteiger partial charge in [0.25, 0.3) is 0 Å². The van der Waals surface area contributed by atoms with Gasteiger partial charge in [-0.2, -0.15) is 5.26 Å². The highest BCUT2D eigenvalue weighted by molar-refractivity contribution is 6.06. The Morgan fingerprint density at radius 2 is 1.39 bits per heavy atom. The number of esters is 3. The molecule has 0 amide bonds. The third-order valence-corrected chi connectivity index (χ3v) is 6.40. The molecule has 206 valence electrons. The smallest absolute Gasteiger partial charge is 0.355 e. The van der Waals surface area contributed by atoms with Gasteiger partial charge in [0.15, 0.2) is 12.4 Å². The van der Waals surface area contributed by atoms with E-state index in [1.807, 2.05) is 0 Å². The molecule has 3 aromatic carbocycles. The first-order valence-electron chi connectivity index (χ1n) is 12.3. The van der Waals surface area contributed by atoms with Crippen molar-refractivity contribution < 1.29 is 33.4 Å². The molecule has 0 bridgehead atoms. The summed E-state index contributed by atoms with van der Waals surface area (Å²) in [4.78, 5) is 52.4. The molecule has 0 saturated heterocycles. The van der Waals surface area contributed by atoms with Crippen LogP contribution in [0, 0.1) is 11.3 Å². The minimum Gasteiger partial charge on any atom is -0.466 e. The van der Waals surface area contributed by atoms with Gasteiger partial charge in [-0.1, -0.05) is 60.7 Å².